The van der Waals surface area contributed by atoms with Crippen molar-refractivity contribution in [1.82, 2.24) is 4.90 Å². The summed E-state index contributed by atoms with van der Waals surface area (Å²) < 4.78 is 16.1. The Labute approximate surface area is 115 Å². The number of amides is 1. The topological polar surface area (TPSA) is 65.1 Å². The molecule has 0 saturated carbocycles. The number of hydrogen-bond acceptors (Lipinski definition) is 5. The van der Waals surface area contributed by atoms with Crippen molar-refractivity contribution in [1.29, 1.82) is 0 Å². The number of esters is 1. The first kappa shape index (κ1) is 17.9. The van der Waals surface area contributed by atoms with Crippen LogP contribution in [0, 0.1) is 0 Å². The Morgan fingerprint density at radius 3 is 2.00 bits per heavy atom. The van der Waals surface area contributed by atoms with E-state index in [1.165, 1.54) is 13.8 Å². The zero-order chi connectivity index (χ0) is 14.8. The molecule has 0 radical (unpaired) electrons. The maximum Gasteiger partial charge on any atom is 0.303 e. The molecule has 0 rings (SSSR count). The van der Waals surface area contributed by atoms with E-state index in [1.54, 1.807) is 11.9 Å². The summed E-state index contributed by atoms with van der Waals surface area (Å²) in [6.45, 7) is 7.93. The smallest absolute Gasteiger partial charge is 0.303 e. The van der Waals surface area contributed by atoms with Crippen LogP contribution in [0.2, 0.25) is 0 Å². The Bertz CT molecular complexity index is 276. The first-order valence-corrected chi connectivity index (χ1v) is 6.54. The van der Waals surface area contributed by atoms with Gasteiger partial charge < -0.3 is 19.1 Å². The Morgan fingerprint density at radius 2 is 1.63 bits per heavy atom. The first-order chi connectivity index (χ1) is 8.92. The Balaban J connectivity index is 4.57. The van der Waals surface area contributed by atoms with Crippen LogP contribution in [0.3, 0.4) is 0 Å². The molecule has 0 N–H and O–H groups in total. The van der Waals surface area contributed by atoms with Crippen LogP contribution in [0.4, 0.5) is 0 Å². The van der Waals surface area contributed by atoms with Crippen molar-refractivity contribution in [2.24, 2.45) is 0 Å². The predicted octanol–water partition coefficient (Wildman–Crippen LogP) is 1.19. The van der Waals surface area contributed by atoms with Crippen molar-refractivity contribution in [3.8, 4) is 0 Å². The molecule has 0 aromatic rings. The second kappa shape index (κ2) is 9.75. The molecule has 0 aliphatic carbocycles. The minimum Gasteiger partial charge on any atom is -0.457 e. The van der Waals surface area contributed by atoms with Gasteiger partial charge >= 0.3 is 5.97 Å². The van der Waals surface area contributed by atoms with Gasteiger partial charge in [-0.2, -0.15) is 0 Å². The summed E-state index contributed by atoms with van der Waals surface area (Å²) in [6, 6.07) is 0. The standard InChI is InChI=1S/C13H25NO5/c1-6-17-13(18-7-2)12(19-11(4)16)8-9-14(5)10(3)15/h12-13H,6-9H2,1-5H3. The number of nitrogens with zero attached hydrogens (tertiary/aromatic N) is 1. The van der Waals surface area contributed by atoms with Crippen molar-refractivity contribution in [2.45, 2.75) is 46.5 Å². The molecule has 0 aromatic carbocycles. The first-order valence-electron chi connectivity index (χ1n) is 6.54. The molecular weight excluding hydrogens is 250 g/mol. The fraction of sp³-hybridized carbons (Fsp3) is 0.846. The summed E-state index contributed by atoms with van der Waals surface area (Å²) in [6.07, 6.45) is -0.640. The highest BCUT2D eigenvalue weighted by atomic mass is 16.7. The summed E-state index contributed by atoms with van der Waals surface area (Å²) in [5.41, 5.74) is 0. The molecule has 1 amide bonds. The predicted molar refractivity (Wildman–Crippen MR) is 70.5 cm³/mol. The molecule has 1 unspecified atom stereocenters. The van der Waals surface area contributed by atoms with E-state index in [-0.39, 0.29) is 11.9 Å². The lowest BCUT2D eigenvalue weighted by molar-refractivity contribution is -0.207. The molecule has 19 heavy (non-hydrogen) atoms. The molecule has 0 aliphatic heterocycles. The summed E-state index contributed by atoms with van der Waals surface area (Å²) >= 11 is 0. The normalized spacial score (nSPS) is 12.3. The highest BCUT2D eigenvalue weighted by molar-refractivity contribution is 5.72. The fourth-order valence-electron chi connectivity index (χ4n) is 1.53. The number of carbonyl (C=O) groups excluding carboxylic acids is 2. The van der Waals surface area contributed by atoms with E-state index < -0.39 is 12.4 Å². The number of ether oxygens (including phenoxy) is 3. The van der Waals surface area contributed by atoms with Gasteiger partial charge in [0.15, 0.2) is 12.4 Å². The van der Waals surface area contributed by atoms with E-state index in [9.17, 15) is 9.59 Å². The average molecular weight is 275 g/mol. The van der Waals surface area contributed by atoms with Crippen molar-refractivity contribution in [3.05, 3.63) is 0 Å². The van der Waals surface area contributed by atoms with E-state index in [0.29, 0.717) is 26.2 Å². The molecular formula is C13H25NO5. The maximum atomic E-state index is 11.2. The van der Waals surface area contributed by atoms with Crippen LogP contribution < -0.4 is 0 Å². The van der Waals surface area contributed by atoms with Crippen LogP contribution in [0.5, 0.6) is 0 Å². The third kappa shape index (κ3) is 7.79. The number of carbonyl (C=O) groups is 2. The Hall–Kier alpha value is -1.14. The molecule has 6 heteroatoms. The molecule has 0 aromatic heterocycles. The fourth-order valence-corrected chi connectivity index (χ4v) is 1.53. The van der Waals surface area contributed by atoms with E-state index in [0.717, 1.165) is 0 Å². The van der Waals surface area contributed by atoms with E-state index in [1.807, 2.05) is 13.8 Å². The Morgan fingerprint density at radius 1 is 1.11 bits per heavy atom. The van der Waals surface area contributed by atoms with Crippen LogP contribution in [0.25, 0.3) is 0 Å². The summed E-state index contributed by atoms with van der Waals surface area (Å²) in [5, 5.41) is 0. The third-order valence-electron chi connectivity index (χ3n) is 2.57. The molecule has 6 nitrogen and oxygen atoms in total. The summed E-state index contributed by atoms with van der Waals surface area (Å²) in [4.78, 5) is 23.8. The van der Waals surface area contributed by atoms with Gasteiger partial charge in [-0.05, 0) is 13.8 Å². The number of rotatable bonds is 9. The largest absolute Gasteiger partial charge is 0.457 e. The molecule has 0 bridgehead atoms. The zero-order valence-electron chi connectivity index (χ0n) is 12.5. The van der Waals surface area contributed by atoms with Crippen LogP contribution in [0.1, 0.15) is 34.1 Å². The zero-order valence-corrected chi connectivity index (χ0v) is 12.5. The van der Waals surface area contributed by atoms with Gasteiger partial charge in [0, 0.05) is 47.1 Å². The van der Waals surface area contributed by atoms with Gasteiger partial charge in [-0.3, -0.25) is 9.59 Å². The second-order valence-electron chi connectivity index (χ2n) is 4.16. The third-order valence-corrected chi connectivity index (χ3v) is 2.57. The van der Waals surface area contributed by atoms with Crippen molar-refractivity contribution in [3.63, 3.8) is 0 Å². The highest BCUT2D eigenvalue weighted by Crippen LogP contribution is 2.12. The van der Waals surface area contributed by atoms with Gasteiger partial charge in [-0.25, -0.2) is 0 Å². The van der Waals surface area contributed by atoms with Crippen LogP contribution in [-0.4, -0.2) is 56.0 Å². The van der Waals surface area contributed by atoms with Gasteiger partial charge in [0.05, 0.1) is 0 Å². The molecule has 1 atom stereocenters. The van der Waals surface area contributed by atoms with E-state index in [4.69, 9.17) is 14.2 Å². The lowest BCUT2D eigenvalue weighted by Gasteiger charge is -2.27. The van der Waals surface area contributed by atoms with E-state index >= 15 is 0 Å². The molecule has 0 heterocycles. The SMILES string of the molecule is CCOC(OCC)C(CCN(C)C(C)=O)OC(C)=O. The van der Waals surface area contributed by atoms with Crippen molar-refractivity contribution >= 4 is 11.9 Å². The average Bonchev–Trinajstić information content (AvgIpc) is 2.33. The van der Waals surface area contributed by atoms with Gasteiger partial charge in [0.1, 0.15) is 0 Å². The lowest BCUT2D eigenvalue weighted by atomic mass is 10.2. The van der Waals surface area contributed by atoms with Gasteiger partial charge in [-0.1, -0.05) is 0 Å². The van der Waals surface area contributed by atoms with Crippen LogP contribution >= 0.6 is 0 Å². The van der Waals surface area contributed by atoms with Crippen molar-refractivity contribution in [2.75, 3.05) is 26.8 Å². The Kier molecular flexibility index (Phi) is 9.16. The second-order valence-corrected chi connectivity index (χ2v) is 4.16. The van der Waals surface area contributed by atoms with Gasteiger partial charge in [-0.15, -0.1) is 0 Å². The monoisotopic (exact) mass is 275 g/mol. The van der Waals surface area contributed by atoms with Crippen molar-refractivity contribution < 1.29 is 23.8 Å². The molecule has 112 valence electrons. The quantitative estimate of drug-likeness (QED) is 0.467. The molecule has 0 aliphatic rings. The minimum atomic E-state index is -0.598. The minimum absolute atomic E-state index is 0.0362. The molecule has 0 spiro atoms. The van der Waals surface area contributed by atoms with E-state index in [2.05, 4.69) is 0 Å². The van der Waals surface area contributed by atoms with Gasteiger partial charge in [0.25, 0.3) is 0 Å². The molecule has 0 saturated heterocycles. The summed E-state index contributed by atoms with van der Waals surface area (Å²) in [7, 11) is 1.70. The molecule has 0 fully saturated rings. The van der Waals surface area contributed by atoms with Crippen LogP contribution in [0.15, 0.2) is 0 Å². The summed E-state index contributed by atoms with van der Waals surface area (Å²) in [5.74, 6) is -0.425. The van der Waals surface area contributed by atoms with Crippen LogP contribution in [-0.2, 0) is 23.8 Å². The number of hydrogen-bond donors (Lipinski definition) is 0. The highest BCUT2D eigenvalue weighted by Gasteiger charge is 2.25. The lowest BCUT2D eigenvalue weighted by Crippen LogP contribution is -2.38. The maximum absolute atomic E-state index is 11.2. The van der Waals surface area contributed by atoms with Gasteiger partial charge in [0.2, 0.25) is 5.91 Å².